The molecule has 6 nitrogen and oxygen atoms in total. The number of hydrogen-bond acceptors (Lipinski definition) is 5. The summed E-state index contributed by atoms with van der Waals surface area (Å²) in [4.78, 5) is 21.0. The van der Waals surface area contributed by atoms with Crippen LogP contribution in [0.25, 0.3) is 0 Å². The maximum Gasteiger partial charge on any atom is 0.244 e. The van der Waals surface area contributed by atoms with Gasteiger partial charge in [-0.3, -0.25) is 4.79 Å². The average molecular weight is 476 g/mol. The van der Waals surface area contributed by atoms with Gasteiger partial charge in [-0.15, -0.1) is 0 Å². The summed E-state index contributed by atoms with van der Waals surface area (Å²) >= 11 is 0. The van der Waals surface area contributed by atoms with Crippen LogP contribution < -0.4 is 14.8 Å². The van der Waals surface area contributed by atoms with E-state index in [9.17, 15) is 4.79 Å². The van der Waals surface area contributed by atoms with Gasteiger partial charge in [0.05, 0.1) is 14.2 Å². The third kappa shape index (κ3) is 12.4. The topological polar surface area (TPSA) is 73.3 Å². The molecule has 1 aromatic heterocycles. The minimum atomic E-state index is -0.493. The fourth-order valence-electron chi connectivity index (χ4n) is 3.98. The highest BCUT2D eigenvalue weighted by molar-refractivity contribution is 5.96. The number of carbonyl (C=O) groups is 1. The first-order valence-electron chi connectivity index (χ1n) is 13.4. The van der Waals surface area contributed by atoms with E-state index < -0.39 is 5.41 Å². The van der Waals surface area contributed by atoms with Crippen LogP contribution >= 0.6 is 0 Å². The number of nitrogens with one attached hydrogen (secondary N) is 1. The van der Waals surface area contributed by atoms with Gasteiger partial charge in [0.1, 0.15) is 6.33 Å². The van der Waals surface area contributed by atoms with E-state index in [1.165, 1.54) is 97.6 Å². The number of aromatic nitrogens is 2. The molecule has 0 bridgehead atoms. The Kier molecular flexibility index (Phi) is 16.1. The molecule has 0 aliphatic rings. The van der Waals surface area contributed by atoms with Crippen LogP contribution in [0.2, 0.25) is 0 Å². The molecule has 194 valence electrons. The van der Waals surface area contributed by atoms with Crippen LogP contribution in [0.4, 0.5) is 5.69 Å². The van der Waals surface area contributed by atoms with E-state index in [0.717, 1.165) is 19.3 Å². The lowest BCUT2D eigenvalue weighted by molar-refractivity contribution is -0.124. The van der Waals surface area contributed by atoms with Crippen LogP contribution in [0.3, 0.4) is 0 Å². The summed E-state index contributed by atoms with van der Waals surface area (Å²) < 4.78 is 10.5. The van der Waals surface area contributed by atoms with Crippen molar-refractivity contribution in [2.45, 2.75) is 117 Å². The van der Waals surface area contributed by atoms with E-state index in [4.69, 9.17) is 9.47 Å². The van der Waals surface area contributed by atoms with Crippen molar-refractivity contribution in [3.05, 3.63) is 18.5 Å². The Labute approximate surface area is 208 Å². The summed E-state index contributed by atoms with van der Waals surface area (Å²) in [5.74, 6) is 0.521. The molecule has 0 atom stereocenters. The predicted octanol–water partition coefficient (Wildman–Crippen LogP) is 7.89. The van der Waals surface area contributed by atoms with Gasteiger partial charge >= 0.3 is 0 Å². The first kappa shape index (κ1) is 29.9. The van der Waals surface area contributed by atoms with E-state index in [-0.39, 0.29) is 5.91 Å². The summed E-state index contributed by atoms with van der Waals surface area (Å²) in [7, 11) is 3.02. The number of amides is 1. The number of rotatable bonds is 20. The predicted molar refractivity (Wildman–Crippen MR) is 142 cm³/mol. The van der Waals surface area contributed by atoms with Gasteiger partial charge in [-0.2, -0.15) is 9.97 Å². The van der Waals surface area contributed by atoms with Crippen LogP contribution in [0.5, 0.6) is 11.8 Å². The lowest BCUT2D eigenvalue weighted by atomic mass is 9.85. The first-order chi connectivity index (χ1) is 16.5. The molecule has 0 radical (unpaired) electrons. The van der Waals surface area contributed by atoms with Crippen LogP contribution in [-0.4, -0.2) is 30.1 Å². The molecule has 1 aromatic rings. The number of allylic oxidation sites excluding steroid dienone is 2. The van der Waals surface area contributed by atoms with Gasteiger partial charge in [0.2, 0.25) is 17.7 Å². The Balaban J connectivity index is 2.14. The Bertz CT molecular complexity index is 682. The standard InChI is InChI=1S/C28H49N3O3/c1-6-7-8-9-10-11-12-13-14-15-16-17-18-19-20-21-22-28(2,3)27(32)31-24-25(33-4)29-23-30-26(24)34-5/h13-14,23H,6-12,15-22H2,1-5H3,(H,31,32). The lowest BCUT2D eigenvalue weighted by Crippen LogP contribution is -2.31. The molecule has 1 heterocycles. The molecule has 1 amide bonds. The molecule has 0 saturated carbocycles. The highest BCUT2D eigenvalue weighted by Crippen LogP contribution is 2.33. The van der Waals surface area contributed by atoms with Crippen LogP contribution in [0, 0.1) is 5.41 Å². The molecule has 0 fully saturated rings. The zero-order valence-electron chi connectivity index (χ0n) is 22.5. The molecule has 1 N–H and O–H groups in total. The van der Waals surface area contributed by atoms with Gasteiger partial charge in [-0.25, -0.2) is 0 Å². The normalized spacial score (nSPS) is 11.7. The highest BCUT2D eigenvalue weighted by atomic mass is 16.5. The largest absolute Gasteiger partial charge is 0.479 e. The Morgan fingerprint density at radius 3 is 1.79 bits per heavy atom. The summed E-state index contributed by atoms with van der Waals surface area (Å²) in [6, 6.07) is 0. The molecular weight excluding hydrogens is 426 g/mol. The summed E-state index contributed by atoms with van der Waals surface area (Å²) in [5, 5.41) is 2.91. The Morgan fingerprint density at radius 1 is 0.824 bits per heavy atom. The third-order valence-electron chi connectivity index (χ3n) is 6.33. The average Bonchev–Trinajstić information content (AvgIpc) is 2.83. The first-order valence-corrected chi connectivity index (χ1v) is 13.4. The molecule has 0 unspecified atom stereocenters. The number of hydrogen-bond donors (Lipinski definition) is 1. The van der Waals surface area contributed by atoms with Crippen molar-refractivity contribution in [3.63, 3.8) is 0 Å². The van der Waals surface area contributed by atoms with Gasteiger partial charge in [0, 0.05) is 5.41 Å². The Morgan fingerprint density at radius 2 is 1.29 bits per heavy atom. The quantitative estimate of drug-likeness (QED) is 0.153. The number of anilines is 1. The number of ether oxygens (including phenoxy) is 2. The van der Waals surface area contributed by atoms with Crippen molar-refractivity contribution in [2.24, 2.45) is 5.41 Å². The second kappa shape index (κ2) is 18.2. The summed E-state index contributed by atoms with van der Waals surface area (Å²) in [5.41, 5.74) is -0.112. The molecule has 0 aromatic carbocycles. The zero-order chi connectivity index (χ0) is 25.1. The smallest absolute Gasteiger partial charge is 0.244 e. The number of carbonyl (C=O) groups excluding carboxylic acids is 1. The maximum absolute atomic E-state index is 12.9. The van der Waals surface area contributed by atoms with Crippen molar-refractivity contribution in [1.29, 1.82) is 0 Å². The third-order valence-corrected chi connectivity index (χ3v) is 6.33. The zero-order valence-corrected chi connectivity index (χ0v) is 22.5. The van der Waals surface area contributed by atoms with Gasteiger partial charge in [0.15, 0.2) is 5.69 Å². The van der Waals surface area contributed by atoms with E-state index in [0.29, 0.717) is 17.4 Å². The van der Waals surface area contributed by atoms with Gasteiger partial charge < -0.3 is 14.8 Å². The number of nitrogens with zero attached hydrogens (tertiary/aromatic N) is 2. The molecule has 0 aliphatic heterocycles. The van der Waals surface area contributed by atoms with Gasteiger partial charge in [0.25, 0.3) is 0 Å². The van der Waals surface area contributed by atoms with Gasteiger partial charge in [-0.05, 0) is 32.1 Å². The van der Waals surface area contributed by atoms with Crippen LogP contribution in [-0.2, 0) is 4.79 Å². The van der Waals surface area contributed by atoms with E-state index in [2.05, 4.69) is 34.4 Å². The van der Waals surface area contributed by atoms with Crippen molar-refractivity contribution < 1.29 is 14.3 Å². The summed E-state index contributed by atoms with van der Waals surface area (Å²) in [6.07, 6.45) is 24.9. The van der Waals surface area contributed by atoms with Crippen LogP contribution in [0.15, 0.2) is 18.5 Å². The molecule has 34 heavy (non-hydrogen) atoms. The lowest BCUT2D eigenvalue weighted by Gasteiger charge is -2.24. The van der Waals surface area contributed by atoms with Crippen LogP contribution in [0.1, 0.15) is 117 Å². The van der Waals surface area contributed by atoms with Crippen molar-refractivity contribution in [3.8, 4) is 11.8 Å². The maximum atomic E-state index is 12.9. The van der Waals surface area contributed by atoms with E-state index in [1.807, 2.05) is 13.8 Å². The molecule has 6 heteroatoms. The number of unbranched alkanes of at least 4 members (excludes halogenated alkanes) is 12. The van der Waals surface area contributed by atoms with Crippen molar-refractivity contribution in [2.75, 3.05) is 19.5 Å². The molecule has 0 saturated heterocycles. The highest BCUT2D eigenvalue weighted by Gasteiger charge is 2.29. The Hall–Kier alpha value is -2.11. The fourth-order valence-corrected chi connectivity index (χ4v) is 3.98. The second-order valence-electron chi connectivity index (χ2n) is 9.79. The minimum Gasteiger partial charge on any atom is -0.479 e. The van der Waals surface area contributed by atoms with E-state index in [1.54, 1.807) is 0 Å². The van der Waals surface area contributed by atoms with Crippen molar-refractivity contribution >= 4 is 11.6 Å². The number of methoxy groups -OCH3 is 2. The monoisotopic (exact) mass is 475 g/mol. The molecule has 1 rings (SSSR count). The molecule has 0 spiro atoms. The summed E-state index contributed by atoms with van der Waals surface area (Å²) in [6.45, 7) is 6.22. The molecular formula is C28H49N3O3. The SMILES string of the molecule is CCCCCCCCC=CCCCCCCCCC(C)(C)C(=O)Nc1c(OC)ncnc1OC. The minimum absolute atomic E-state index is 0.0772. The van der Waals surface area contributed by atoms with E-state index >= 15 is 0 Å². The molecule has 0 aliphatic carbocycles. The fraction of sp³-hybridized carbons (Fsp3) is 0.750. The second-order valence-corrected chi connectivity index (χ2v) is 9.79. The van der Waals surface area contributed by atoms with Crippen molar-refractivity contribution in [1.82, 2.24) is 9.97 Å². The van der Waals surface area contributed by atoms with Gasteiger partial charge in [-0.1, -0.05) is 97.1 Å².